The van der Waals surface area contributed by atoms with Gasteiger partial charge >= 0.3 is 0 Å². The Morgan fingerprint density at radius 3 is 2.62 bits per heavy atom. The average molecular weight is 413 g/mol. The molecule has 1 fully saturated rings. The second-order valence-corrected chi connectivity index (χ2v) is 6.91. The number of carbonyl (C=O) groups excluding carboxylic acids is 1. The zero-order valence-corrected chi connectivity index (χ0v) is 17.2. The van der Waals surface area contributed by atoms with Gasteiger partial charge in [0.15, 0.2) is 0 Å². The first-order valence-corrected chi connectivity index (χ1v) is 9.67. The van der Waals surface area contributed by atoms with Crippen LogP contribution in [-0.4, -0.2) is 50.6 Å². The zero-order chi connectivity index (χ0) is 19.3. The van der Waals surface area contributed by atoms with Crippen molar-refractivity contribution in [1.29, 1.82) is 0 Å². The van der Waals surface area contributed by atoms with Gasteiger partial charge in [-0.05, 0) is 22.8 Å². The van der Waals surface area contributed by atoms with Crippen LogP contribution in [0.25, 0.3) is 11.4 Å². The van der Waals surface area contributed by atoms with Crippen LogP contribution in [0.4, 0.5) is 0 Å². The zero-order valence-electron chi connectivity index (χ0n) is 16.4. The predicted octanol–water partition coefficient (Wildman–Crippen LogP) is 2.50. The fourth-order valence-electron chi connectivity index (χ4n) is 3.50. The summed E-state index contributed by atoms with van der Waals surface area (Å²) >= 11 is 0. The highest BCUT2D eigenvalue weighted by atomic mass is 35.5. The molecule has 1 aromatic heterocycles. The average Bonchev–Trinajstić information content (AvgIpc) is 3.23. The molecule has 2 heterocycles. The molecule has 152 valence electrons. The molecule has 8 heteroatoms. The van der Waals surface area contributed by atoms with Gasteiger partial charge in [0.1, 0.15) is 6.54 Å². The van der Waals surface area contributed by atoms with Crippen LogP contribution in [0.5, 0.6) is 0 Å². The van der Waals surface area contributed by atoms with Crippen molar-refractivity contribution < 1.29 is 4.79 Å². The lowest BCUT2D eigenvalue weighted by Crippen LogP contribution is -2.49. The fourth-order valence-corrected chi connectivity index (χ4v) is 3.50. The van der Waals surface area contributed by atoms with E-state index in [0.29, 0.717) is 12.4 Å². The second kappa shape index (κ2) is 9.62. The number of rotatable bonds is 5. The van der Waals surface area contributed by atoms with E-state index in [-0.39, 0.29) is 30.9 Å². The number of hydrogen-bond donors (Lipinski definition) is 1. The number of tetrazole rings is 1. The number of nitrogens with zero attached hydrogens (tertiary/aromatic N) is 5. The van der Waals surface area contributed by atoms with Crippen LogP contribution in [0, 0.1) is 0 Å². The van der Waals surface area contributed by atoms with Crippen LogP contribution in [0.2, 0.25) is 0 Å². The Bertz CT molecular complexity index is 928. The molecule has 2 aromatic carbocycles. The Morgan fingerprint density at radius 1 is 1.14 bits per heavy atom. The SMILES string of the molecule is CCc1ccc(C2CNCCN2C(=O)Cn2nnc(-c3ccccc3)n2)cc1.Cl. The summed E-state index contributed by atoms with van der Waals surface area (Å²) in [7, 11) is 0. The number of hydrogen-bond acceptors (Lipinski definition) is 5. The molecule has 1 aliphatic heterocycles. The first-order valence-electron chi connectivity index (χ1n) is 9.67. The third kappa shape index (κ3) is 4.81. The maximum Gasteiger partial charge on any atom is 0.246 e. The smallest absolute Gasteiger partial charge is 0.246 e. The normalized spacial score (nSPS) is 16.3. The first kappa shape index (κ1) is 21.0. The van der Waals surface area contributed by atoms with Crippen LogP contribution in [0.1, 0.15) is 24.1 Å². The molecule has 7 nitrogen and oxygen atoms in total. The van der Waals surface area contributed by atoms with E-state index in [1.807, 2.05) is 35.2 Å². The lowest BCUT2D eigenvalue weighted by molar-refractivity contribution is -0.135. The van der Waals surface area contributed by atoms with Crippen molar-refractivity contribution in [3.05, 3.63) is 65.7 Å². The number of carbonyl (C=O) groups is 1. The lowest BCUT2D eigenvalue weighted by atomic mass is 10.0. The Kier molecular flexibility index (Phi) is 6.95. The Balaban J connectivity index is 0.00000240. The molecule has 0 bridgehead atoms. The fraction of sp³-hybridized carbons (Fsp3) is 0.333. The summed E-state index contributed by atoms with van der Waals surface area (Å²) in [4.78, 5) is 16.3. The molecule has 1 atom stereocenters. The van der Waals surface area contributed by atoms with Gasteiger partial charge in [-0.1, -0.05) is 61.5 Å². The van der Waals surface area contributed by atoms with Crippen molar-refractivity contribution in [2.45, 2.75) is 25.9 Å². The predicted molar refractivity (Wildman–Crippen MR) is 114 cm³/mol. The van der Waals surface area contributed by atoms with Crippen LogP contribution in [-0.2, 0) is 17.8 Å². The van der Waals surface area contributed by atoms with E-state index in [0.717, 1.165) is 30.6 Å². The molecular formula is C21H25ClN6O. The van der Waals surface area contributed by atoms with Crippen LogP contribution >= 0.6 is 12.4 Å². The van der Waals surface area contributed by atoms with Crippen molar-refractivity contribution in [2.75, 3.05) is 19.6 Å². The minimum absolute atomic E-state index is 0. The number of aromatic nitrogens is 4. The number of amides is 1. The van der Waals surface area contributed by atoms with Gasteiger partial charge in [0, 0.05) is 25.2 Å². The number of benzene rings is 2. The Labute approximate surface area is 176 Å². The topological polar surface area (TPSA) is 75.9 Å². The number of aryl methyl sites for hydroxylation is 1. The van der Waals surface area contributed by atoms with Gasteiger partial charge < -0.3 is 10.2 Å². The summed E-state index contributed by atoms with van der Waals surface area (Å²) in [5.41, 5.74) is 3.33. The summed E-state index contributed by atoms with van der Waals surface area (Å²) in [6, 6.07) is 18.2. The van der Waals surface area contributed by atoms with Crippen molar-refractivity contribution in [1.82, 2.24) is 30.4 Å². The molecule has 1 amide bonds. The van der Waals surface area contributed by atoms with Crippen LogP contribution in [0.3, 0.4) is 0 Å². The van der Waals surface area contributed by atoms with E-state index in [1.54, 1.807) is 0 Å². The van der Waals surface area contributed by atoms with Crippen molar-refractivity contribution in [3.63, 3.8) is 0 Å². The Hall–Kier alpha value is -2.77. The highest BCUT2D eigenvalue weighted by molar-refractivity contribution is 5.85. The third-order valence-corrected chi connectivity index (χ3v) is 5.10. The van der Waals surface area contributed by atoms with Gasteiger partial charge in [0.25, 0.3) is 0 Å². The molecule has 1 N–H and O–H groups in total. The quantitative estimate of drug-likeness (QED) is 0.696. The second-order valence-electron chi connectivity index (χ2n) is 6.91. The van der Waals surface area contributed by atoms with Crippen molar-refractivity contribution in [2.24, 2.45) is 0 Å². The molecule has 3 aromatic rings. The Morgan fingerprint density at radius 2 is 1.90 bits per heavy atom. The van der Waals surface area contributed by atoms with Crippen molar-refractivity contribution >= 4 is 18.3 Å². The van der Waals surface area contributed by atoms with Crippen molar-refractivity contribution in [3.8, 4) is 11.4 Å². The van der Waals surface area contributed by atoms with Gasteiger partial charge in [-0.15, -0.1) is 22.6 Å². The summed E-state index contributed by atoms with van der Waals surface area (Å²) in [6.45, 7) is 4.43. The molecule has 0 spiro atoms. The van der Waals surface area contributed by atoms with E-state index in [2.05, 4.69) is 51.9 Å². The molecule has 4 rings (SSSR count). The van der Waals surface area contributed by atoms with Gasteiger partial charge in [0.05, 0.1) is 6.04 Å². The van der Waals surface area contributed by atoms with E-state index in [1.165, 1.54) is 10.4 Å². The molecule has 1 unspecified atom stereocenters. The van der Waals surface area contributed by atoms with Gasteiger partial charge in [-0.25, -0.2) is 0 Å². The highest BCUT2D eigenvalue weighted by Gasteiger charge is 2.28. The third-order valence-electron chi connectivity index (χ3n) is 5.10. The van der Waals surface area contributed by atoms with E-state index >= 15 is 0 Å². The highest BCUT2D eigenvalue weighted by Crippen LogP contribution is 2.23. The molecule has 0 saturated carbocycles. The standard InChI is InChI=1S/C21H24N6O.ClH/c1-2-16-8-10-17(11-9-16)19-14-22-12-13-26(19)20(28)15-27-24-21(23-25-27)18-6-4-3-5-7-18;/h3-11,19,22H,2,12-15H2,1H3;1H. The van der Waals surface area contributed by atoms with Gasteiger partial charge in [-0.3, -0.25) is 4.79 Å². The minimum Gasteiger partial charge on any atom is -0.331 e. The molecular weight excluding hydrogens is 388 g/mol. The van der Waals surface area contributed by atoms with E-state index in [9.17, 15) is 4.79 Å². The summed E-state index contributed by atoms with van der Waals surface area (Å²) in [6.07, 6.45) is 1.01. The largest absolute Gasteiger partial charge is 0.331 e. The van der Waals surface area contributed by atoms with Gasteiger partial charge in [-0.2, -0.15) is 4.80 Å². The number of halogens is 1. The van der Waals surface area contributed by atoms with Crippen LogP contribution < -0.4 is 5.32 Å². The minimum atomic E-state index is 0. The van der Waals surface area contributed by atoms with E-state index < -0.39 is 0 Å². The summed E-state index contributed by atoms with van der Waals surface area (Å²) in [5.74, 6) is 0.531. The molecule has 0 radical (unpaired) electrons. The molecule has 1 aliphatic rings. The molecule has 29 heavy (non-hydrogen) atoms. The lowest BCUT2D eigenvalue weighted by Gasteiger charge is -2.36. The number of piperazine rings is 1. The maximum atomic E-state index is 13.0. The van der Waals surface area contributed by atoms with Crippen LogP contribution in [0.15, 0.2) is 54.6 Å². The summed E-state index contributed by atoms with van der Waals surface area (Å²) < 4.78 is 0. The maximum absolute atomic E-state index is 13.0. The number of nitrogens with one attached hydrogen (secondary N) is 1. The first-order chi connectivity index (χ1) is 13.7. The molecule has 0 aliphatic carbocycles. The monoisotopic (exact) mass is 412 g/mol. The van der Waals surface area contributed by atoms with Gasteiger partial charge in [0.2, 0.25) is 11.7 Å². The summed E-state index contributed by atoms with van der Waals surface area (Å²) in [5, 5.41) is 15.9. The van der Waals surface area contributed by atoms with E-state index in [4.69, 9.17) is 0 Å². The molecule has 1 saturated heterocycles.